The van der Waals surface area contributed by atoms with Crippen molar-refractivity contribution >= 4 is 17.7 Å². The van der Waals surface area contributed by atoms with Crippen molar-refractivity contribution < 1.29 is 9.18 Å². The zero-order valence-corrected chi connectivity index (χ0v) is 18.6. The van der Waals surface area contributed by atoms with Crippen LogP contribution >= 0.6 is 0 Å². The molecule has 2 aromatic carbocycles. The number of carbonyl (C=O) groups is 1. The highest BCUT2D eigenvalue weighted by molar-refractivity contribution is 5.97. The topological polar surface area (TPSA) is 41.1 Å². The van der Waals surface area contributed by atoms with E-state index in [9.17, 15) is 9.18 Å². The fourth-order valence-electron chi connectivity index (χ4n) is 3.12. The molecule has 156 valence electrons. The van der Waals surface area contributed by atoms with Gasteiger partial charge < -0.3 is 10.6 Å². The zero-order valence-electron chi connectivity index (χ0n) is 18.6. The SMILES string of the molecule is CC(=Cc1cc(C)c(-c2ccc(NCC(C)C)cc2F)cc1C)C(=O)NC(C)C. The third-order valence-corrected chi connectivity index (χ3v) is 4.74. The van der Waals surface area contributed by atoms with Crippen LogP contribution in [0.4, 0.5) is 10.1 Å². The lowest BCUT2D eigenvalue weighted by atomic mass is 9.93. The normalized spacial score (nSPS) is 11.9. The summed E-state index contributed by atoms with van der Waals surface area (Å²) >= 11 is 0. The van der Waals surface area contributed by atoms with Crippen LogP contribution < -0.4 is 10.6 Å². The third-order valence-electron chi connectivity index (χ3n) is 4.74. The molecule has 4 heteroatoms. The number of rotatable bonds is 7. The van der Waals surface area contributed by atoms with Crippen molar-refractivity contribution in [1.82, 2.24) is 5.32 Å². The average Bonchev–Trinajstić information content (AvgIpc) is 2.62. The molecule has 1 amide bonds. The molecule has 0 aliphatic heterocycles. The summed E-state index contributed by atoms with van der Waals surface area (Å²) in [5.74, 6) is 0.183. The lowest BCUT2D eigenvalue weighted by molar-refractivity contribution is -0.117. The summed E-state index contributed by atoms with van der Waals surface area (Å²) in [6.07, 6.45) is 1.89. The molecular weight excluding hydrogens is 363 g/mol. The van der Waals surface area contributed by atoms with Crippen LogP contribution in [0.25, 0.3) is 17.2 Å². The van der Waals surface area contributed by atoms with Gasteiger partial charge in [-0.1, -0.05) is 26.0 Å². The predicted molar refractivity (Wildman–Crippen MR) is 122 cm³/mol. The van der Waals surface area contributed by atoms with Gasteiger partial charge in [0.15, 0.2) is 0 Å². The second-order valence-electron chi connectivity index (χ2n) is 8.45. The average molecular weight is 397 g/mol. The molecule has 0 saturated heterocycles. The monoisotopic (exact) mass is 396 g/mol. The van der Waals surface area contributed by atoms with E-state index in [-0.39, 0.29) is 17.8 Å². The number of carbonyl (C=O) groups excluding carboxylic acids is 1. The molecule has 0 aromatic heterocycles. The third kappa shape index (κ3) is 6.18. The van der Waals surface area contributed by atoms with E-state index >= 15 is 0 Å². The molecular formula is C25H33FN2O. The van der Waals surface area contributed by atoms with Crippen LogP contribution in [0.1, 0.15) is 51.3 Å². The second kappa shape index (κ2) is 9.73. The summed E-state index contributed by atoms with van der Waals surface area (Å²) in [7, 11) is 0. The molecule has 0 aliphatic carbocycles. The molecule has 2 rings (SSSR count). The summed E-state index contributed by atoms with van der Waals surface area (Å²) in [4.78, 5) is 12.2. The first kappa shape index (κ1) is 22.7. The molecule has 0 fully saturated rings. The Bertz CT molecular complexity index is 913. The minimum absolute atomic E-state index is 0.0725. The van der Waals surface area contributed by atoms with Crippen LogP contribution in [0.2, 0.25) is 0 Å². The van der Waals surface area contributed by atoms with E-state index < -0.39 is 0 Å². The van der Waals surface area contributed by atoms with Gasteiger partial charge in [0.1, 0.15) is 5.82 Å². The number of benzene rings is 2. The van der Waals surface area contributed by atoms with Crippen molar-refractivity contribution in [2.45, 2.75) is 54.5 Å². The van der Waals surface area contributed by atoms with Gasteiger partial charge in [-0.25, -0.2) is 4.39 Å². The predicted octanol–water partition coefficient (Wildman–Crippen LogP) is 6.11. The molecule has 0 atom stereocenters. The Labute approximate surface area is 174 Å². The molecule has 2 aromatic rings. The van der Waals surface area contributed by atoms with E-state index in [0.29, 0.717) is 17.1 Å². The first-order valence-electron chi connectivity index (χ1n) is 10.2. The highest BCUT2D eigenvalue weighted by atomic mass is 19.1. The summed E-state index contributed by atoms with van der Waals surface area (Å²) in [5.41, 5.74) is 5.85. The highest BCUT2D eigenvalue weighted by Crippen LogP contribution is 2.31. The van der Waals surface area contributed by atoms with Crippen LogP contribution in [-0.4, -0.2) is 18.5 Å². The standard InChI is InChI=1S/C25H33FN2O/c1-15(2)14-27-21-8-9-22(24(26)13-21)23-12-17(5)20(10-18(23)6)11-19(7)25(29)28-16(3)4/h8-13,15-16,27H,14H2,1-7H3,(H,28,29). The van der Waals surface area contributed by atoms with Crippen molar-refractivity contribution in [3.63, 3.8) is 0 Å². The fraction of sp³-hybridized carbons (Fsp3) is 0.400. The van der Waals surface area contributed by atoms with Gasteiger partial charge in [-0.05, 0) is 87.1 Å². The van der Waals surface area contributed by atoms with Gasteiger partial charge in [-0.2, -0.15) is 0 Å². The summed E-state index contributed by atoms with van der Waals surface area (Å²) in [6, 6.07) is 9.41. The quantitative estimate of drug-likeness (QED) is 0.555. The van der Waals surface area contributed by atoms with Crippen LogP contribution in [0.15, 0.2) is 35.9 Å². The number of halogens is 1. The summed E-state index contributed by atoms with van der Waals surface area (Å²) < 4.78 is 14.8. The molecule has 0 aliphatic rings. The van der Waals surface area contributed by atoms with Crippen molar-refractivity contribution in [2.24, 2.45) is 5.92 Å². The Morgan fingerprint density at radius 3 is 2.31 bits per heavy atom. The van der Waals surface area contributed by atoms with Crippen molar-refractivity contribution in [3.8, 4) is 11.1 Å². The van der Waals surface area contributed by atoms with Gasteiger partial charge in [0.2, 0.25) is 5.91 Å². The molecule has 29 heavy (non-hydrogen) atoms. The zero-order chi connectivity index (χ0) is 21.7. The van der Waals surface area contributed by atoms with Crippen molar-refractivity contribution in [2.75, 3.05) is 11.9 Å². The number of hydrogen-bond acceptors (Lipinski definition) is 2. The van der Waals surface area contributed by atoms with E-state index in [1.54, 1.807) is 6.07 Å². The van der Waals surface area contributed by atoms with E-state index in [1.807, 2.05) is 65.0 Å². The maximum absolute atomic E-state index is 14.8. The van der Waals surface area contributed by atoms with Crippen LogP contribution in [0.5, 0.6) is 0 Å². The molecule has 0 unspecified atom stereocenters. The van der Waals surface area contributed by atoms with Gasteiger partial charge in [0, 0.05) is 29.4 Å². The Morgan fingerprint density at radius 1 is 1.03 bits per heavy atom. The van der Waals surface area contributed by atoms with E-state index in [4.69, 9.17) is 0 Å². The smallest absolute Gasteiger partial charge is 0.247 e. The first-order chi connectivity index (χ1) is 13.6. The summed E-state index contributed by atoms with van der Waals surface area (Å²) in [5, 5.41) is 6.16. The number of aryl methyl sites for hydroxylation is 2. The Hall–Kier alpha value is -2.62. The number of hydrogen-bond donors (Lipinski definition) is 2. The molecule has 0 radical (unpaired) electrons. The Morgan fingerprint density at radius 2 is 1.72 bits per heavy atom. The molecule has 3 nitrogen and oxygen atoms in total. The maximum atomic E-state index is 14.8. The Kier molecular flexibility index (Phi) is 7.60. The van der Waals surface area contributed by atoms with E-state index in [0.717, 1.165) is 34.5 Å². The van der Waals surface area contributed by atoms with Gasteiger partial charge in [0.05, 0.1) is 0 Å². The van der Waals surface area contributed by atoms with Crippen molar-refractivity contribution in [1.29, 1.82) is 0 Å². The fourth-order valence-corrected chi connectivity index (χ4v) is 3.12. The van der Waals surface area contributed by atoms with E-state index in [1.165, 1.54) is 0 Å². The van der Waals surface area contributed by atoms with Gasteiger partial charge in [-0.3, -0.25) is 4.79 Å². The molecule has 0 saturated carbocycles. The minimum atomic E-state index is -0.239. The van der Waals surface area contributed by atoms with Crippen LogP contribution in [0.3, 0.4) is 0 Å². The highest BCUT2D eigenvalue weighted by Gasteiger charge is 2.12. The van der Waals surface area contributed by atoms with Gasteiger partial charge in [0.25, 0.3) is 0 Å². The first-order valence-corrected chi connectivity index (χ1v) is 10.2. The largest absolute Gasteiger partial charge is 0.385 e. The second-order valence-corrected chi connectivity index (χ2v) is 8.45. The minimum Gasteiger partial charge on any atom is -0.385 e. The molecule has 0 heterocycles. The number of amides is 1. The maximum Gasteiger partial charge on any atom is 0.247 e. The van der Waals surface area contributed by atoms with Gasteiger partial charge in [-0.15, -0.1) is 0 Å². The van der Waals surface area contributed by atoms with E-state index in [2.05, 4.69) is 24.5 Å². The number of nitrogens with one attached hydrogen (secondary N) is 2. The summed E-state index contributed by atoms with van der Waals surface area (Å²) in [6.45, 7) is 14.7. The molecule has 0 spiro atoms. The molecule has 0 bridgehead atoms. The van der Waals surface area contributed by atoms with Crippen LogP contribution in [0, 0.1) is 25.6 Å². The van der Waals surface area contributed by atoms with Crippen LogP contribution in [-0.2, 0) is 4.79 Å². The Balaban J connectivity index is 2.33. The van der Waals surface area contributed by atoms with Crippen molar-refractivity contribution in [3.05, 3.63) is 58.4 Å². The molecule has 2 N–H and O–H groups in total. The lowest BCUT2D eigenvalue weighted by Gasteiger charge is -2.14. The lowest BCUT2D eigenvalue weighted by Crippen LogP contribution is -2.30. The van der Waals surface area contributed by atoms with Gasteiger partial charge >= 0.3 is 0 Å². The number of anilines is 1.